The number of hydrogen-bond donors (Lipinski definition) is 1. The summed E-state index contributed by atoms with van der Waals surface area (Å²) in [4.78, 5) is 11.2. The number of rotatable bonds is 4. The molecule has 0 saturated carbocycles. The minimum Gasteiger partial charge on any atom is -0.475 e. The summed E-state index contributed by atoms with van der Waals surface area (Å²) in [5.74, 6) is -2.76. The summed E-state index contributed by atoms with van der Waals surface area (Å²) in [6, 6.07) is 0.755. The van der Waals surface area contributed by atoms with E-state index in [1.807, 2.05) is 0 Å². The number of alkyl halides is 3. The van der Waals surface area contributed by atoms with Crippen LogP contribution in [0.3, 0.4) is 0 Å². The third-order valence-corrected chi connectivity index (χ3v) is 2.10. The van der Waals surface area contributed by atoms with E-state index in [4.69, 9.17) is 9.90 Å². The molecule has 98 valence electrons. The molecule has 3 nitrogen and oxygen atoms in total. The van der Waals surface area contributed by atoms with Crippen LogP contribution in [0.5, 0.6) is 0 Å². The van der Waals surface area contributed by atoms with E-state index in [-0.39, 0.29) is 0 Å². The molecule has 0 spiro atoms. The van der Waals surface area contributed by atoms with E-state index in [9.17, 15) is 13.2 Å². The standard InChI is InChI=1S/C8H19N.C2HF3O2/c1-5-6-7-8(2)9(3)4;3-2(4,5)1(6)7/h8H,5-7H2,1-4H3;(H,6,7). The van der Waals surface area contributed by atoms with Crippen molar-refractivity contribution < 1.29 is 23.1 Å². The topological polar surface area (TPSA) is 40.5 Å². The second-order valence-electron chi connectivity index (χ2n) is 3.76. The zero-order valence-electron chi connectivity index (χ0n) is 10.1. The van der Waals surface area contributed by atoms with Crippen molar-refractivity contribution in [1.82, 2.24) is 4.90 Å². The van der Waals surface area contributed by atoms with Crippen molar-refractivity contribution in [3.05, 3.63) is 0 Å². The SMILES string of the molecule is CCCCC(C)N(C)C.O=C(O)C(F)(F)F. The molecule has 0 amide bonds. The Hall–Kier alpha value is -0.780. The first-order valence-electron chi connectivity index (χ1n) is 5.09. The number of hydrogen-bond acceptors (Lipinski definition) is 2. The van der Waals surface area contributed by atoms with E-state index in [0.717, 1.165) is 6.04 Å². The van der Waals surface area contributed by atoms with Crippen LogP contribution in [0.4, 0.5) is 13.2 Å². The quantitative estimate of drug-likeness (QED) is 0.825. The van der Waals surface area contributed by atoms with Gasteiger partial charge < -0.3 is 10.0 Å². The first-order valence-corrected chi connectivity index (χ1v) is 5.09. The van der Waals surface area contributed by atoms with Crippen LogP contribution >= 0.6 is 0 Å². The first-order chi connectivity index (χ1) is 7.12. The molecule has 0 aliphatic carbocycles. The Kier molecular flexibility index (Phi) is 9.22. The molecule has 0 aromatic carbocycles. The van der Waals surface area contributed by atoms with Crippen LogP contribution in [0.25, 0.3) is 0 Å². The highest BCUT2D eigenvalue weighted by Gasteiger charge is 2.38. The molecular weight excluding hydrogens is 223 g/mol. The Balaban J connectivity index is 0. The number of carboxylic acids is 1. The third-order valence-electron chi connectivity index (χ3n) is 2.10. The predicted octanol–water partition coefficient (Wildman–Crippen LogP) is 2.76. The Morgan fingerprint density at radius 2 is 1.75 bits per heavy atom. The molecule has 16 heavy (non-hydrogen) atoms. The normalized spacial score (nSPS) is 13.0. The van der Waals surface area contributed by atoms with Crippen LogP contribution in [0, 0.1) is 0 Å². The fraction of sp³-hybridized carbons (Fsp3) is 0.900. The minimum atomic E-state index is -5.08. The van der Waals surface area contributed by atoms with E-state index in [0.29, 0.717) is 0 Å². The van der Waals surface area contributed by atoms with Gasteiger partial charge in [-0.1, -0.05) is 19.8 Å². The molecule has 0 fully saturated rings. The van der Waals surface area contributed by atoms with Crippen molar-refractivity contribution in [3.8, 4) is 0 Å². The van der Waals surface area contributed by atoms with Gasteiger partial charge in [0.1, 0.15) is 0 Å². The predicted molar refractivity (Wildman–Crippen MR) is 56.4 cm³/mol. The van der Waals surface area contributed by atoms with E-state index < -0.39 is 12.1 Å². The smallest absolute Gasteiger partial charge is 0.475 e. The number of carbonyl (C=O) groups is 1. The second kappa shape index (κ2) is 8.38. The highest BCUT2D eigenvalue weighted by atomic mass is 19.4. The minimum absolute atomic E-state index is 0.755. The Morgan fingerprint density at radius 3 is 1.94 bits per heavy atom. The first kappa shape index (κ1) is 17.6. The van der Waals surface area contributed by atoms with Gasteiger partial charge in [0, 0.05) is 6.04 Å². The average molecular weight is 243 g/mol. The van der Waals surface area contributed by atoms with Crippen LogP contribution in [-0.4, -0.2) is 42.3 Å². The summed E-state index contributed by atoms with van der Waals surface area (Å²) in [6.07, 6.45) is -1.07. The lowest BCUT2D eigenvalue weighted by molar-refractivity contribution is -0.192. The molecule has 6 heteroatoms. The van der Waals surface area contributed by atoms with Gasteiger partial charge in [0.15, 0.2) is 0 Å². The molecule has 1 atom stereocenters. The third kappa shape index (κ3) is 11.3. The van der Waals surface area contributed by atoms with Crippen LogP contribution in [0.1, 0.15) is 33.1 Å². The highest BCUT2D eigenvalue weighted by molar-refractivity contribution is 5.73. The van der Waals surface area contributed by atoms with Crippen molar-refractivity contribution in [3.63, 3.8) is 0 Å². The summed E-state index contributed by atoms with van der Waals surface area (Å²) in [5, 5.41) is 7.12. The van der Waals surface area contributed by atoms with Crippen molar-refractivity contribution >= 4 is 5.97 Å². The van der Waals surface area contributed by atoms with Crippen molar-refractivity contribution in [2.45, 2.75) is 45.3 Å². The molecule has 1 N–H and O–H groups in total. The van der Waals surface area contributed by atoms with Gasteiger partial charge in [-0.15, -0.1) is 0 Å². The molecule has 0 heterocycles. The molecule has 0 rings (SSSR count). The monoisotopic (exact) mass is 243 g/mol. The highest BCUT2D eigenvalue weighted by Crippen LogP contribution is 2.13. The van der Waals surface area contributed by atoms with Gasteiger partial charge in [0.25, 0.3) is 0 Å². The molecule has 0 aromatic heterocycles. The average Bonchev–Trinajstić information content (AvgIpc) is 2.13. The van der Waals surface area contributed by atoms with Crippen LogP contribution in [0.2, 0.25) is 0 Å². The number of carboxylic acid groups (broad SMARTS) is 1. The van der Waals surface area contributed by atoms with E-state index in [1.54, 1.807) is 0 Å². The summed E-state index contributed by atoms with van der Waals surface area (Å²) in [7, 11) is 4.28. The fourth-order valence-corrected chi connectivity index (χ4v) is 0.758. The summed E-state index contributed by atoms with van der Waals surface area (Å²) in [5.41, 5.74) is 0. The van der Waals surface area contributed by atoms with Gasteiger partial charge in [0.2, 0.25) is 0 Å². The van der Waals surface area contributed by atoms with Crippen LogP contribution in [0.15, 0.2) is 0 Å². The number of aliphatic carboxylic acids is 1. The Morgan fingerprint density at radius 1 is 1.38 bits per heavy atom. The number of unbranched alkanes of at least 4 members (excludes halogenated alkanes) is 1. The second-order valence-corrected chi connectivity index (χ2v) is 3.76. The molecule has 0 bridgehead atoms. The summed E-state index contributed by atoms with van der Waals surface area (Å²) >= 11 is 0. The van der Waals surface area contributed by atoms with Gasteiger partial charge in [-0.05, 0) is 27.4 Å². The van der Waals surface area contributed by atoms with Gasteiger partial charge in [0.05, 0.1) is 0 Å². The molecule has 0 aliphatic heterocycles. The van der Waals surface area contributed by atoms with Crippen LogP contribution < -0.4 is 0 Å². The lowest BCUT2D eigenvalue weighted by Gasteiger charge is -2.18. The molecule has 0 aliphatic rings. The Labute approximate surface area is 94.2 Å². The fourth-order valence-electron chi connectivity index (χ4n) is 0.758. The van der Waals surface area contributed by atoms with Gasteiger partial charge in [-0.2, -0.15) is 13.2 Å². The number of nitrogens with zero attached hydrogens (tertiary/aromatic N) is 1. The van der Waals surface area contributed by atoms with E-state index >= 15 is 0 Å². The summed E-state index contributed by atoms with van der Waals surface area (Å²) in [6.45, 7) is 4.51. The largest absolute Gasteiger partial charge is 0.490 e. The van der Waals surface area contributed by atoms with Crippen LogP contribution in [-0.2, 0) is 4.79 Å². The van der Waals surface area contributed by atoms with Gasteiger partial charge in [-0.3, -0.25) is 0 Å². The lowest BCUT2D eigenvalue weighted by atomic mass is 10.1. The molecule has 0 radical (unpaired) electrons. The van der Waals surface area contributed by atoms with Crippen molar-refractivity contribution in [2.24, 2.45) is 0 Å². The van der Waals surface area contributed by atoms with E-state index in [2.05, 4.69) is 32.8 Å². The van der Waals surface area contributed by atoms with Gasteiger partial charge in [-0.25, -0.2) is 4.79 Å². The molecule has 0 saturated heterocycles. The van der Waals surface area contributed by atoms with Crippen molar-refractivity contribution in [1.29, 1.82) is 0 Å². The zero-order valence-corrected chi connectivity index (χ0v) is 10.1. The maximum Gasteiger partial charge on any atom is 0.490 e. The zero-order chi connectivity index (χ0) is 13.4. The number of halogens is 3. The van der Waals surface area contributed by atoms with Crippen molar-refractivity contribution in [2.75, 3.05) is 14.1 Å². The van der Waals surface area contributed by atoms with Gasteiger partial charge >= 0.3 is 12.1 Å². The lowest BCUT2D eigenvalue weighted by Crippen LogP contribution is -2.24. The molecular formula is C10H20F3NO2. The summed E-state index contributed by atoms with van der Waals surface area (Å²) < 4.78 is 31.7. The maximum atomic E-state index is 10.6. The van der Waals surface area contributed by atoms with E-state index in [1.165, 1.54) is 19.3 Å². The molecule has 0 aromatic rings. The Bertz CT molecular complexity index is 193. The maximum absolute atomic E-state index is 10.6. The molecule has 1 unspecified atom stereocenters.